The van der Waals surface area contributed by atoms with Gasteiger partial charge in [0.1, 0.15) is 0 Å². The highest BCUT2D eigenvalue weighted by molar-refractivity contribution is 5.04. The summed E-state index contributed by atoms with van der Waals surface area (Å²) >= 11 is 0. The molecule has 1 heterocycles. The molecule has 3 nitrogen and oxygen atoms in total. The van der Waals surface area contributed by atoms with Crippen molar-refractivity contribution < 1.29 is 4.74 Å². The molecule has 0 radical (unpaired) electrons. The summed E-state index contributed by atoms with van der Waals surface area (Å²) in [5.74, 6) is 0.658. The van der Waals surface area contributed by atoms with Crippen molar-refractivity contribution in [1.82, 2.24) is 9.97 Å². The SMILES string of the molecule is Cc1cnc(OCCC(C)C)nc1. The highest BCUT2D eigenvalue weighted by Crippen LogP contribution is 2.04. The first-order valence-corrected chi connectivity index (χ1v) is 4.60. The van der Waals surface area contributed by atoms with E-state index in [2.05, 4.69) is 23.8 Å². The smallest absolute Gasteiger partial charge is 0.316 e. The van der Waals surface area contributed by atoms with Crippen molar-refractivity contribution in [3.63, 3.8) is 0 Å². The molecule has 0 aliphatic heterocycles. The molecule has 0 aliphatic carbocycles. The number of ether oxygens (including phenoxy) is 1. The Kier molecular flexibility index (Phi) is 3.68. The number of hydrogen-bond acceptors (Lipinski definition) is 3. The van der Waals surface area contributed by atoms with Gasteiger partial charge in [-0.05, 0) is 24.8 Å². The van der Waals surface area contributed by atoms with E-state index in [9.17, 15) is 0 Å². The van der Waals surface area contributed by atoms with E-state index < -0.39 is 0 Å². The first kappa shape index (κ1) is 9.96. The average Bonchev–Trinajstić information content (AvgIpc) is 2.08. The monoisotopic (exact) mass is 180 g/mol. The lowest BCUT2D eigenvalue weighted by Gasteiger charge is -2.05. The quantitative estimate of drug-likeness (QED) is 0.712. The fraction of sp³-hybridized carbons (Fsp3) is 0.600. The van der Waals surface area contributed by atoms with Crippen LogP contribution in [0.15, 0.2) is 12.4 Å². The van der Waals surface area contributed by atoms with Gasteiger partial charge < -0.3 is 4.74 Å². The Labute approximate surface area is 79.2 Å². The molecule has 0 aromatic carbocycles. The molecule has 0 amide bonds. The van der Waals surface area contributed by atoms with Crippen LogP contribution in [0.2, 0.25) is 0 Å². The van der Waals surface area contributed by atoms with Crippen LogP contribution >= 0.6 is 0 Å². The molecule has 1 rings (SSSR count). The molecule has 0 atom stereocenters. The van der Waals surface area contributed by atoms with Gasteiger partial charge in [-0.1, -0.05) is 13.8 Å². The summed E-state index contributed by atoms with van der Waals surface area (Å²) in [6, 6.07) is 0.478. The fourth-order valence-electron chi connectivity index (χ4n) is 0.841. The molecule has 0 saturated heterocycles. The van der Waals surface area contributed by atoms with E-state index in [4.69, 9.17) is 4.74 Å². The molecule has 0 spiro atoms. The number of hydrogen-bond donors (Lipinski definition) is 0. The maximum absolute atomic E-state index is 5.35. The number of aryl methyl sites for hydroxylation is 1. The van der Waals surface area contributed by atoms with E-state index in [0.717, 1.165) is 12.0 Å². The zero-order valence-corrected chi connectivity index (χ0v) is 8.45. The van der Waals surface area contributed by atoms with Gasteiger partial charge in [0, 0.05) is 12.4 Å². The van der Waals surface area contributed by atoms with E-state index in [0.29, 0.717) is 18.5 Å². The summed E-state index contributed by atoms with van der Waals surface area (Å²) in [7, 11) is 0. The molecule has 0 unspecified atom stereocenters. The van der Waals surface area contributed by atoms with Crippen LogP contribution in [0.3, 0.4) is 0 Å². The Morgan fingerprint density at radius 1 is 1.31 bits per heavy atom. The maximum atomic E-state index is 5.35. The molecule has 0 bridgehead atoms. The van der Waals surface area contributed by atoms with Gasteiger partial charge in [0.25, 0.3) is 0 Å². The second-order valence-corrected chi connectivity index (χ2v) is 3.57. The largest absolute Gasteiger partial charge is 0.463 e. The van der Waals surface area contributed by atoms with Crippen molar-refractivity contribution in [3.8, 4) is 6.01 Å². The lowest BCUT2D eigenvalue weighted by Crippen LogP contribution is -2.03. The third-order valence-corrected chi connectivity index (χ3v) is 1.68. The van der Waals surface area contributed by atoms with Crippen molar-refractivity contribution in [2.45, 2.75) is 27.2 Å². The van der Waals surface area contributed by atoms with Gasteiger partial charge in [-0.25, -0.2) is 9.97 Å². The predicted molar refractivity (Wildman–Crippen MR) is 51.7 cm³/mol. The Balaban J connectivity index is 2.33. The van der Waals surface area contributed by atoms with Crippen LogP contribution in [-0.2, 0) is 0 Å². The summed E-state index contributed by atoms with van der Waals surface area (Å²) in [6.07, 6.45) is 4.56. The third kappa shape index (κ3) is 3.87. The number of rotatable bonds is 4. The summed E-state index contributed by atoms with van der Waals surface area (Å²) < 4.78 is 5.35. The minimum atomic E-state index is 0.478. The summed E-state index contributed by atoms with van der Waals surface area (Å²) in [5.41, 5.74) is 1.05. The first-order chi connectivity index (χ1) is 6.18. The zero-order valence-electron chi connectivity index (χ0n) is 8.45. The van der Waals surface area contributed by atoms with Crippen LogP contribution in [0.5, 0.6) is 6.01 Å². The van der Waals surface area contributed by atoms with Crippen LogP contribution in [0.25, 0.3) is 0 Å². The van der Waals surface area contributed by atoms with Gasteiger partial charge >= 0.3 is 6.01 Å². The van der Waals surface area contributed by atoms with E-state index in [1.807, 2.05) is 6.92 Å². The van der Waals surface area contributed by atoms with Gasteiger partial charge in [0.15, 0.2) is 0 Å². The van der Waals surface area contributed by atoms with Crippen LogP contribution < -0.4 is 4.74 Å². The summed E-state index contributed by atoms with van der Waals surface area (Å²) in [4.78, 5) is 8.08. The van der Waals surface area contributed by atoms with Gasteiger partial charge in [0.05, 0.1) is 6.61 Å². The van der Waals surface area contributed by atoms with Gasteiger partial charge in [-0.2, -0.15) is 0 Å². The molecule has 0 saturated carbocycles. The predicted octanol–water partition coefficient (Wildman–Crippen LogP) is 2.21. The number of nitrogens with zero attached hydrogens (tertiary/aromatic N) is 2. The normalized spacial score (nSPS) is 10.5. The van der Waals surface area contributed by atoms with E-state index in [-0.39, 0.29) is 0 Å². The highest BCUT2D eigenvalue weighted by atomic mass is 16.5. The minimum Gasteiger partial charge on any atom is -0.463 e. The Bertz CT molecular complexity index is 244. The molecular weight excluding hydrogens is 164 g/mol. The van der Waals surface area contributed by atoms with E-state index in [1.165, 1.54) is 0 Å². The van der Waals surface area contributed by atoms with Gasteiger partial charge in [-0.3, -0.25) is 0 Å². The summed E-state index contributed by atoms with van der Waals surface area (Å²) in [5, 5.41) is 0. The van der Waals surface area contributed by atoms with E-state index in [1.54, 1.807) is 12.4 Å². The molecule has 0 aliphatic rings. The molecule has 3 heteroatoms. The Morgan fingerprint density at radius 3 is 2.46 bits per heavy atom. The topological polar surface area (TPSA) is 35.0 Å². The lowest BCUT2D eigenvalue weighted by molar-refractivity contribution is 0.268. The second-order valence-electron chi connectivity index (χ2n) is 3.57. The molecule has 72 valence electrons. The van der Waals surface area contributed by atoms with Crippen LogP contribution in [0.1, 0.15) is 25.8 Å². The molecule has 1 aromatic rings. The fourth-order valence-corrected chi connectivity index (χ4v) is 0.841. The van der Waals surface area contributed by atoms with Gasteiger partial charge in [0.2, 0.25) is 0 Å². The van der Waals surface area contributed by atoms with Crippen molar-refractivity contribution >= 4 is 0 Å². The van der Waals surface area contributed by atoms with Crippen LogP contribution in [0, 0.1) is 12.8 Å². The van der Waals surface area contributed by atoms with Gasteiger partial charge in [-0.15, -0.1) is 0 Å². The van der Waals surface area contributed by atoms with Crippen molar-refractivity contribution in [1.29, 1.82) is 0 Å². The highest BCUT2D eigenvalue weighted by Gasteiger charge is 1.97. The third-order valence-electron chi connectivity index (χ3n) is 1.68. The van der Waals surface area contributed by atoms with E-state index >= 15 is 0 Å². The molecular formula is C10H16N2O. The molecule has 0 N–H and O–H groups in total. The number of aromatic nitrogens is 2. The molecule has 13 heavy (non-hydrogen) atoms. The zero-order chi connectivity index (χ0) is 9.68. The lowest BCUT2D eigenvalue weighted by atomic mass is 10.1. The van der Waals surface area contributed by atoms with Crippen molar-refractivity contribution in [2.24, 2.45) is 5.92 Å². The first-order valence-electron chi connectivity index (χ1n) is 4.60. The Hall–Kier alpha value is -1.12. The van der Waals surface area contributed by atoms with Crippen molar-refractivity contribution in [2.75, 3.05) is 6.61 Å². The minimum absolute atomic E-state index is 0.478. The standard InChI is InChI=1S/C10H16N2O/c1-8(2)4-5-13-10-11-6-9(3)7-12-10/h6-8H,4-5H2,1-3H3. The average molecular weight is 180 g/mol. The molecule has 0 fully saturated rings. The van der Waals surface area contributed by atoms with Crippen LogP contribution in [-0.4, -0.2) is 16.6 Å². The molecule has 1 aromatic heterocycles. The maximum Gasteiger partial charge on any atom is 0.316 e. The summed E-state index contributed by atoms with van der Waals surface area (Å²) in [6.45, 7) is 6.98. The Morgan fingerprint density at radius 2 is 1.92 bits per heavy atom. The van der Waals surface area contributed by atoms with Crippen LogP contribution in [0.4, 0.5) is 0 Å². The van der Waals surface area contributed by atoms with Crippen molar-refractivity contribution in [3.05, 3.63) is 18.0 Å². The second kappa shape index (κ2) is 4.80.